The van der Waals surface area contributed by atoms with Gasteiger partial charge in [0.15, 0.2) is 0 Å². The van der Waals surface area contributed by atoms with Gasteiger partial charge in [0.25, 0.3) is 0 Å². The molecule has 0 aromatic heterocycles. The molecule has 1 atom stereocenters. The highest BCUT2D eigenvalue weighted by atomic mass is 16.5. The zero-order valence-electron chi connectivity index (χ0n) is 10.6. The molecule has 1 saturated carbocycles. The monoisotopic (exact) mass is 241 g/mol. The van der Waals surface area contributed by atoms with Gasteiger partial charge in [-0.1, -0.05) is 6.92 Å². The third-order valence-corrected chi connectivity index (χ3v) is 4.02. The van der Waals surface area contributed by atoms with E-state index >= 15 is 0 Å². The molecule has 1 saturated heterocycles. The first-order valence-corrected chi connectivity index (χ1v) is 6.71. The van der Waals surface area contributed by atoms with Gasteiger partial charge in [0.1, 0.15) is 6.10 Å². The topological polar surface area (TPSA) is 58.6 Å². The molecule has 98 valence electrons. The van der Waals surface area contributed by atoms with Crippen LogP contribution >= 0.6 is 0 Å². The van der Waals surface area contributed by atoms with Crippen LogP contribution in [0.3, 0.4) is 0 Å². The molecule has 2 fully saturated rings. The standard InChI is InChI=1S/C13H23NO3/c1-10-4-6-13(16,7-5-10)9-14-12(15)11-3-2-8-17-11/h10-11,16H,2-9H2,1H3,(H,14,15)/t10?,11-,13?/m1/s1. The van der Waals surface area contributed by atoms with Crippen molar-refractivity contribution in [1.29, 1.82) is 0 Å². The van der Waals surface area contributed by atoms with Crippen LogP contribution in [-0.2, 0) is 9.53 Å². The Labute approximate surface area is 103 Å². The second kappa shape index (κ2) is 5.36. The van der Waals surface area contributed by atoms with E-state index < -0.39 is 5.60 Å². The molecule has 0 aromatic carbocycles. The molecule has 4 nitrogen and oxygen atoms in total. The van der Waals surface area contributed by atoms with E-state index in [0.717, 1.165) is 38.5 Å². The van der Waals surface area contributed by atoms with Crippen molar-refractivity contribution in [3.63, 3.8) is 0 Å². The number of ether oxygens (including phenoxy) is 1. The first kappa shape index (κ1) is 12.8. The lowest BCUT2D eigenvalue weighted by molar-refractivity contribution is -0.131. The SMILES string of the molecule is CC1CCC(O)(CNC(=O)[C@H]2CCCO2)CC1. The third kappa shape index (κ3) is 3.42. The molecular weight excluding hydrogens is 218 g/mol. The van der Waals surface area contributed by atoms with E-state index in [2.05, 4.69) is 12.2 Å². The molecule has 2 aliphatic rings. The fraction of sp³-hybridized carbons (Fsp3) is 0.923. The minimum atomic E-state index is -0.694. The van der Waals surface area contributed by atoms with Crippen molar-refractivity contribution in [2.24, 2.45) is 5.92 Å². The average molecular weight is 241 g/mol. The number of amides is 1. The Balaban J connectivity index is 1.75. The number of hydrogen-bond donors (Lipinski definition) is 2. The maximum Gasteiger partial charge on any atom is 0.249 e. The van der Waals surface area contributed by atoms with Crippen LogP contribution in [0.5, 0.6) is 0 Å². The van der Waals surface area contributed by atoms with Gasteiger partial charge >= 0.3 is 0 Å². The normalized spacial score (nSPS) is 38.0. The van der Waals surface area contributed by atoms with Crippen LogP contribution in [0, 0.1) is 5.92 Å². The minimum Gasteiger partial charge on any atom is -0.388 e. The summed E-state index contributed by atoms with van der Waals surface area (Å²) in [6.07, 6.45) is 5.15. The van der Waals surface area contributed by atoms with E-state index in [4.69, 9.17) is 4.74 Å². The van der Waals surface area contributed by atoms with Crippen LogP contribution in [0.25, 0.3) is 0 Å². The predicted octanol–water partition coefficient (Wildman–Crippen LogP) is 1.22. The maximum atomic E-state index is 11.7. The van der Waals surface area contributed by atoms with Crippen molar-refractivity contribution in [3.8, 4) is 0 Å². The van der Waals surface area contributed by atoms with Crippen molar-refractivity contribution < 1.29 is 14.6 Å². The Morgan fingerprint density at radius 2 is 2.12 bits per heavy atom. The minimum absolute atomic E-state index is 0.0606. The second-order valence-electron chi connectivity index (χ2n) is 5.63. The molecule has 1 aliphatic heterocycles. The molecule has 1 aliphatic carbocycles. The summed E-state index contributed by atoms with van der Waals surface area (Å²) in [5, 5.41) is 13.2. The van der Waals surface area contributed by atoms with Crippen LogP contribution < -0.4 is 5.32 Å². The Morgan fingerprint density at radius 1 is 1.41 bits per heavy atom. The number of carbonyl (C=O) groups excluding carboxylic acids is 1. The van der Waals surface area contributed by atoms with Crippen molar-refractivity contribution in [2.75, 3.05) is 13.2 Å². The molecule has 0 aromatic rings. The van der Waals surface area contributed by atoms with E-state index in [9.17, 15) is 9.90 Å². The van der Waals surface area contributed by atoms with E-state index in [-0.39, 0.29) is 12.0 Å². The first-order valence-electron chi connectivity index (χ1n) is 6.71. The summed E-state index contributed by atoms with van der Waals surface area (Å²) in [4.78, 5) is 11.7. The van der Waals surface area contributed by atoms with Crippen LogP contribution in [0.4, 0.5) is 0 Å². The highest BCUT2D eigenvalue weighted by molar-refractivity contribution is 5.81. The van der Waals surface area contributed by atoms with Crippen molar-refractivity contribution in [3.05, 3.63) is 0 Å². The Morgan fingerprint density at radius 3 is 2.71 bits per heavy atom. The van der Waals surface area contributed by atoms with Gasteiger partial charge in [0.05, 0.1) is 5.60 Å². The molecule has 0 spiro atoms. The lowest BCUT2D eigenvalue weighted by atomic mass is 9.79. The highest BCUT2D eigenvalue weighted by Gasteiger charge is 2.33. The predicted molar refractivity (Wildman–Crippen MR) is 64.6 cm³/mol. The van der Waals surface area contributed by atoms with Gasteiger partial charge in [-0.05, 0) is 44.4 Å². The van der Waals surface area contributed by atoms with Crippen molar-refractivity contribution in [2.45, 2.75) is 57.2 Å². The summed E-state index contributed by atoms with van der Waals surface area (Å²) in [7, 11) is 0. The number of aliphatic hydroxyl groups is 1. The molecule has 1 heterocycles. The molecule has 0 bridgehead atoms. The average Bonchev–Trinajstić information content (AvgIpc) is 2.84. The summed E-state index contributed by atoms with van der Waals surface area (Å²) in [5.74, 6) is 0.638. The maximum absolute atomic E-state index is 11.7. The molecule has 17 heavy (non-hydrogen) atoms. The summed E-state index contributed by atoms with van der Waals surface area (Å²) < 4.78 is 5.31. The Hall–Kier alpha value is -0.610. The third-order valence-electron chi connectivity index (χ3n) is 4.02. The van der Waals surface area contributed by atoms with Gasteiger partial charge in [-0.2, -0.15) is 0 Å². The number of nitrogens with one attached hydrogen (secondary N) is 1. The first-order chi connectivity index (χ1) is 8.09. The van der Waals surface area contributed by atoms with Gasteiger partial charge in [-0.25, -0.2) is 0 Å². The summed E-state index contributed by atoms with van der Waals surface area (Å²) in [5.41, 5.74) is -0.694. The molecule has 1 amide bonds. The van der Waals surface area contributed by atoms with Crippen LogP contribution in [0.15, 0.2) is 0 Å². The highest BCUT2D eigenvalue weighted by Crippen LogP contribution is 2.31. The van der Waals surface area contributed by atoms with Crippen molar-refractivity contribution in [1.82, 2.24) is 5.32 Å². The summed E-state index contributed by atoms with van der Waals surface area (Å²) >= 11 is 0. The lowest BCUT2D eigenvalue weighted by Crippen LogP contribution is -2.47. The Bertz CT molecular complexity index is 266. The zero-order valence-corrected chi connectivity index (χ0v) is 10.6. The van der Waals surface area contributed by atoms with E-state index in [1.807, 2.05) is 0 Å². The molecular formula is C13H23NO3. The number of carbonyl (C=O) groups is 1. The fourth-order valence-corrected chi connectivity index (χ4v) is 2.63. The van der Waals surface area contributed by atoms with E-state index in [1.165, 1.54) is 0 Å². The zero-order chi connectivity index (χ0) is 12.3. The molecule has 4 heteroatoms. The molecule has 2 rings (SSSR count). The van der Waals surface area contributed by atoms with Gasteiger partial charge < -0.3 is 15.2 Å². The fourth-order valence-electron chi connectivity index (χ4n) is 2.63. The summed E-state index contributed by atoms with van der Waals surface area (Å²) in [6, 6.07) is 0. The molecule has 2 N–H and O–H groups in total. The van der Waals surface area contributed by atoms with Gasteiger partial charge in [0.2, 0.25) is 5.91 Å². The van der Waals surface area contributed by atoms with E-state index in [1.54, 1.807) is 0 Å². The van der Waals surface area contributed by atoms with Crippen molar-refractivity contribution >= 4 is 5.91 Å². The Kier molecular flexibility index (Phi) is 4.05. The van der Waals surface area contributed by atoms with E-state index in [0.29, 0.717) is 19.1 Å². The largest absolute Gasteiger partial charge is 0.388 e. The van der Waals surface area contributed by atoms with Crippen LogP contribution in [-0.4, -0.2) is 35.9 Å². The smallest absolute Gasteiger partial charge is 0.249 e. The molecule has 0 unspecified atom stereocenters. The van der Waals surface area contributed by atoms with Gasteiger partial charge in [0, 0.05) is 13.2 Å². The molecule has 0 radical (unpaired) electrons. The number of hydrogen-bond acceptors (Lipinski definition) is 3. The van der Waals surface area contributed by atoms with Crippen LogP contribution in [0.2, 0.25) is 0 Å². The summed E-state index contributed by atoms with van der Waals surface area (Å²) in [6.45, 7) is 3.27. The van der Waals surface area contributed by atoms with Gasteiger partial charge in [-0.3, -0.25) is 4.79 Å². The quantitative estimate of drug-likeness (QED) is 0.781. The van der Waals surface area contributed by atoms with Crippen LogP contribution in [0.1, 0.15) is 45.4 Å². The van der Waals surface area contributed by atoms with Gasteiger partial charge in [-0.15, -0.1) is 0 Å². The lowest BCUT2D eigenvalue weighted by Gasteiger charge is -2.35. The second-order valence-corrected chi connectivity index (χ2v) is 5.63. The number of rotatable bonds is 3.